The lowest BCUT2D eigenvalue weighted by Gasteiger charge is -1.92. The summed E-state index contributed by atoms with van der Waals surface area (Å²) in [4.78, 5) is 0. The minimum atomic E-state index is 0.833. The van der Waals surface area contributed by atoms with E-state index in [-0.39, 0.29) is 0 Å². The van der Waals surface area contributed by atoms with Crippen LogP contribution in [-0.2, 0) is 0 Å². The van der Waals surface area contributed by atoms with E-state index in [1.165, 1.54) is 0 Å². The van der Waals surface area contributed by atoms with Crippen LogP contribution in [0.1, 0.15) is 0 Å². The average molecular weight is 97.1 g/mol. The second kappa shape index (κ2) is 2.36. The molecule has 0 unspecified atom stereocenters. The molecule has 38 valence electrons. The molecule has 1 heterocycles. The topological polar surface area (TPSA) is 36.4 Å². The molecule has 3 heteroatoms. The summed E-state index contributed by atoms with van der Waals surface area (Å²) in [5, 5.41) is 3.70. The van der Waals surface area contributed by atoms with E-state index in [0.717, 1.165) is 6.54 Å². The van der Waals surface area contributed by atoms with Crippen LogP contribution < -0.4 is 11.0 Å². The first-order valence-corrected chi connectivity index (χ1v) is 2.16. The normalized spacial score (nSPS) is 18.3. The Morgan fingerprint density at radius 3 is 3.57 bits per heavy atom. The van der Waals surface area contributed by atoms with Crippen LogP contribution in [0.25, 0.3) is 0 Å². The zero-order valence-electron chi connectivity index (χ0n) is 3.89. The van der Waals surface area contributed by atoms with Crippen LogP contribution in [-0.4, -0.2) is 12.8 Å². The number of allylic oxidation sites excluding steroid dienone is 1. The molecule has 0 aromatic heterocycles. The summed E-state index contributed by atoms with van der Waals surface area (Å²) in [6.07, 6.45) is 5.55. The van der Waals surface area contributed by atoms with Crippen LogP contribution in [0.4, 0.5) is 0 Å². The smallest absolute Gasteiger partial charge is 0.0481 e. The second-order valence-corrected chi connectivity index (χ2v) is 1.20. The Hall–Kier alpha value is -0.830. The molecule has 0 fully saturated rings. The monoisotopic (exact) mass is 97.1 g/mol. The number of nitrogens with zero attached hydrogens (tertiary/aromatic N) is 1. The minimum absolute atomic E-state index is 0.833. The molecule has 0 amide bonds. The van der Waals surface area contributed by atoms with Crippen LogP contribution in [0.15, 0.2) is 17.3 Å². The summed E-state index contributed by atoms with van der Waals surface area (Å²) in [6, 6.07) is 0. The van der Waals surface area contributed by atoms with Crippen LogP contribution in [0.5, 0.6) is 0 Å². The number of nitrogens with one attached hydrogen (secondary N) is 2. The Kier molecular flexibility index (Phi) is 1.46. The van der Waals surface area contributed by atoms with Gasteiger partial charge in [0.1, 0.15) is 0 Å². The van der Waals surface area contributed by atoms with Gasteiger partial charge in [-0.05, 0) is 6.08 Å². The third-order valence-corrected chi connectivity index (χ3v) is 0.660. The van der Waals surface area contributed by atoms with E-state index in [0.29, 0.717) is 0 Å². The van der Waals surface area contributed by atoms with E-state index in [4.69, 9.17) is 0 Å². The largest absolute Gasteiger partial charge is 0.243 e. The van der Waals surface area contributed by atoms with E-state index in [2.05, 4.69) is 16.1 Å². The Morgan fingerprint density at radius 1 is 1.57 bits per heavy atom. The molecule has 0 radical (unpaired) electrons. The molecule has 0 aromatic rings. The van der Waals surface area contributed by atoms with Gasteiger partial charge in [0.25, 0.3) is 0 Å². The summed E-state index contributed by atoms with van der Waals surface area (Å²) in [7, 11) is 0. The quantitative estimate of drug-likeness (QED) is 0.433. The number of hydrazine groups is 1. The Bertz CT molecular complexity index is 83.1. The van der Waals surface area contributed by atoms with Gasteiger partial charge >= 0.3 is 0 Å². The molecular weight excluding hydrogens is 90.1 g/mol. The average Bonchev–Trinajstić information content (AvgIpc) is 1.90. The molecule has 0 bridgehead atoms. The molecule has 0 aliphatic carbocycles. The molecule has 0 saturated carbocycles. The second-order valence-electron chi connectivity index (χ2n) is 1.20. The molecule has 2 N–H and O–H groups in total. The third kappa shape index (κ3) is 1.36. The molecule has 1 aliphatic rings. The Balaban J connectivity index is 2.39. The highest BCUT2D eigenvalue weighted by atomic mass is 15.5. The van der Waals surface area contributed by atoms with Gasteiger partial charge in [0.05, 0.1) is 0 Å². The van der Waals surface area contributed by atoms with Gasteiger partial charge in [0.2, 0.25) is 0 Å². The number of rotatable bonds is 0. The van der Waals surface area contributed by atoms with E-state index in [1.807, 2.05) is 12.2 Å². The number of hydrogen-bond donors (Lipinski definition) is 2. The highest BCUT2D eigenvalue weighted by Crippen LogP contribution is 1.68. The van der Waals surface area contributed by atoms with Gasteiger partial charge < -0.3 is 0 Å². The van der Waals surface area contributed by atoms with Crippen molar-refractivity contribution < 1.29 is 0 Å². The van der Waals surface area contributed by atoms with Crippen molar-refractivity contribution in [3.63, 3.8) is 0 Å². The molecule has 1 rings (SSSR count). The fourth-order valence-corrected chi connectivity index (χ4v) is 0.359. The van der Waals surface area contributed by atoms with Crippen LogP contribution in [0, 0.1) is 0 Å². The summed E-state index contributed by atoms with van der Waals surface area (Å²) >= 11 is 0. The van der Waals surface area contributed by atoms with Crippen molar-refractivity contribution in [3.05, 3.63) is 12.2 Å². The van der Waals surface area contributed by atoms with Crippen molar-refractivity contribution in [1.29, 1.82) is 0 Å². The van der Waals surface area contributed by atoms with Gasteiger partial charge in [-0.15, -0.1) is 0 Å². The zero-order valence-corrected chi connectivity index (χ0v) is 3.89. The van der Waals surface area contributed by atoms with Crippen molar-refractivity contribution in [2.45, 2.75) is 0 Å². The molecule has 0 aromatic carbocycles. The molecule has 7 heavy (non-hydrogen) atoms. The standard InChI is InChI=1S/C4H7N3/c1-2-4-6-7-5-3-1/h1-3,6-7H,4H2. The maximum atomic E-state index is 3.70. The van der Waals surface area contributed by atoms with Crippen molar-refractivity contribution in [1.82, 2.24) is 11.0 Å². The van der Waals surface area contributed by atoms with E-state index in [9.17, 15) is 0 Å². The lowest BCUT2D eigenvalue weighted by Crippen LogP contribution is -2.25. The van der Waals surface area contributed by atoms with Gasteiger partial charge in [0.15, 0.2) is 0 Å². The van der Waals surface area contributed by atoms with E-state index >= 15 is 0 Å². The lowest BCUT2D eigenvalue weighted by molar-refractivity contribution is 0.604. The van der Waals surface area contributed by atoms with E-state index < -0.39 is 0 Å². The van der Waals surface area contributed by atoms with Gasteiger partial charge in [0, 0.05) is 12.8 Å². The van der Waals surface area contributed by atoms with Gasteiger partial charge in [-0.25, -0.2) is 11.0 Å². The van der Waals surface area contributed by atoms with Crippen molar-refractivity contribution in [2.75, 3.05) is 6.54 Å². The van der Waals surface area contributed by atoms with Crippen molar-refractivity contribution in [2.24, 2.45) is 5.10 Å². The van der Waals surface area contributed by atoms with Crippen LogP contribution in [0.3, 0.4) is 0 Å². The first kappa shape index (κ1) is 4.33. The highest BCUT2D eigenvalue weighted by molar-refractivity contribution is 5.70. The maximum absolute atomic E-state index is 3.70. The van der Waals surface area contributed by atoms with Crippen LogP contribution in [0.2, 0.25) is 0 Å². The summed E-state index contributed by atoms with van der Waals surface area (Å²) in [5.74, 6) is 0. The SMILES string of the molecule is C1=CCNNN=C1. The molecule has 0 saturated heterocycles. The van der Waals surface area contributed by atoms with Gasteiger partial charge in [-0.1, -0.05) is 6.08 Å². The van der Waals surface area contributed by atoms with Crippen molar-refractivity contribution >= 4 is 6.21 Å². The number of hydrazone groups is 1. The molecule has 1 aliphatic heterocycles. The highest BCUT2D eigenvalue weighted by Gasteiger charge is 1.76. The zero-order chi connectivity index (χ0) is 4.95. The predicted octanol–water partition coefficient (Wildman–Crippen LogP) is -0.364. The minimum Gasteiger partial charge on any atom is -0.243 e. The summed E-state index contributed by atoms with van der Waals surface area (Å²) in [6.45, 7) is 0.833. The molecule has 0 atom stereocenters. The lowest BCUT2D eigenvalue weighted by atomic mass is 10.5. The predicted molar refractivity (Wildman–Crippen MR) is 28.8 cm³/mol. The molecular formula is C4H7N3. The van der Waals surface area contributed by atoms with Gasteiger partial charge in [-0.2, -0.15) is 5.10 Å². The summed E-state index contributed by atoms with van der Waals surface area (Å²) < 4.78 is 0. The molecule has 0 spiro atoms. The number of hydrogen-bond acceptors (Lipinski definition) is 3. The third-order valence-electron chi connectivity index (χ3n) is 0.660. The Morgan fingerprint density at radius 2 is 2.57 bits per heavy atom. The fourth-order valence-electron chi connectivity index (χ4n) is 0.359. The summed E-state index contributed by atoms with van der Waals surface area (Å²) in [5.41, 5.74) is 5.42. The van der Waals surface area contributed by atoms with Crippen molar-refractivity contribution in [3.8, 4) is 0 Å². The first-order chi connectivity index (χ1) is 3.50. The Labute approximate surface area is 42.1 Å². The first-order valence-electron chi connectivity index (χ1n) is 2.16. The van der Waals surface area contributed by atoms with Gasteiger partial charge in [-0.3, -0.25) is 0 Å². The van der Waals surface area contributed by atoms with Crippen LogP contribution >= 0.6 is 0 Å². The maximum Gasteiger partial charge on any atom is 0.0481 e. The van der Waals surface area contributed by atoms with E-state index in [1.54, 1.807) is 6.21 Å². The molecule has 3 nitrogen and oxygen atoms in total. The fraction of sp³-hybridized carbons (Fsp3) is 0.250.